The SMILES string of the molecule is CCCCCCCCOCCC1CCCC1NCC. The molecule has 1 aliphatic rings. The molecule has 0 heterocycles. The van der Waals surface area contributed by atoms with Crippen molar-refractivity contribution in [1.29, 1.82) is 0 Å². The number of ether oxygens (including phenoxy) is 1. The van der Waals surface area contributed by atoms with Crippen LogP contribution in [0.2, 0.25) is 0 Å². The Morgan fingerprint density at radius 2 is 1.74 bits per heavy atom. The van der Waals surface area contributed by atoms with E-state index in [1.807, 2.05) is 0 Å². The zero-order chi connectivity index (χ0) is 13.8. The van der Waals surface area contributed by atoms with E-state index in [0.29, 0.717) is 0 Å². The molecular formula is C17H35NO. The van der Waals surface area contributed by atoms with Gasteiger partial charge in [0.25, 0.3) is 0 Å². The minimum Gasteiger partial charge on any atom is -0.381 e. The maximum absolute atomic E-state index is 5.80. The molecule has 19 heavy (non-hydrogen) atoms. The molecular weight excluding hydrogens is 234 g/mol. The third-order valence-electron chi connectivity index (χ3n) is 4.40. The van der Waals surface area contributed by atoms with Crippen LogP contribution >= 0.6 is 0 Å². The van der Waals surface area contributed by atoms with Gasteiger partial charge in [-0.05, 0) is 38.1 Å². The quantitative estimate of drug-likeness (QED) is 0.525. The van der Waals surface area contributed by atoms with Gasteiger partial charge in [-0.1, -0.05) is 52.4 Å². The van der Waals surface area contributed by atoms with E-state index in [2.05, 4.69) is 19.2 Å². The van der Waals surface area contributed by atoms with Gasteiger partial charge in [-0.15, -0.1) is 0 Å². The van der Waals surface area contributed by atoms with Crippen molar-refractivity contribution >= 4 is 0 Å². The molecule has 0 aromatic rings. The van der Waals surface area contributed by atoms with E-state index < -0.39 is 0 Å². The zero-order valence-corrected chi connectivity index (χ0v) is 13.3. The van der Waals surface area contributed by atoms with Gasteiger partial charge in [0.2, 0.25) is 0 Å². The molecule has 0 amide bonds. The fourth-order valence-electron chi connectivity index (χ4n) is 3.23. The van der Waals surface area contributed by atoms with E-state index in [0.717, 1.165) is 31.7 Å². The molecule has 0 radical (unpaired) electrons. The normalized spacial score (nSPS) is 23.1. The van der Waals surface area contributed by atoms with Gasteiger partial charge < -0.3 is 10.1 Å². The minimum atomic E-state index is 0.766. The van der Waals surface area contributed by atoms with Crippen molar-refractivity contribution < 1.29 is 4.74 Å². The Hall–Kier alpha value is -0.0800. The first-order valence-electron chi connectivity index (χ1n) is 8.69. The lowest BCUT2D eigenvalue weighted by molar-refractivity contribution is 0.113. The van der Waals surface area contributed by atoms with Crippen LogP contribution in [0.5, 0.6) is 0 Å². The molecule has 1 fully saturated rings. The lowest BCUT2D eigenvalue weighted by Crippen LogP contribution is -2.32. The smallest absolute Gasteiger partial charge is 0.0469 e. The third-order valence-corrected chi connectivity index (χ3v) is 4.40. The first-order chi connectivity index (χ1) is 9.38. The van der Waals surface area contributed by atoms with E-state index in [1.54, 1.807) is 0 Å². The Morgan fingerprint density at radius 1 is 0.947 bits per heavy atom. The van der Waals surface area contributed by atoms with E-state index in [4.69, 9.17) is 4.74 Å². The first-order valence-corrected chi connectivity index (χ1v) is 8.69. The summed E-state index contributed by atoms with van der Waals surface area (Å²) in [4.78, 5) is 0. The van der Waals surface area contributed by atoms with Crippen LogP contribution in [0.15, 0.2) is 0 Å². The van der Waals surface area contributed by atoms with Crippen LogP contribution in [-0.4, -0.2) is 25.8 Å². The molecule has 2 unspecified atom stereocenters. The van der Waals surface area contributed by atoms with Crippen LogP contribution in [-0.2, 0) is 4.74 Å². The molecule has 2 nitrogen and oxygen atoms in total. The van der Waals surface area contributed by atoms with Gasteiger partial charge in [0.1, 0.15) is 0 Å². The Morgan fingerprint density at radius 3 is 2.53 bits per heavy atom. The summed E-state index contributed by atoms with van der Waals surface area (Å²) < 4.78 is 5.80. The number of hydrogen-bond donors (Lipinski definition) is 1. The highest BCUT2D eigenvalue weighted by Gasteiger charge is 2.25. The van der Waals surface area contributed by atoms with Crippen molar-refractivity contribution in [3.05, 3.63) is 0 Å². The van der Waals surface area contributed by atoms with E-state index in [-0.39, 0.29) is 0 Å². The van der Waals surface area contributed by atoms with Crippen LogP contribution in [0, 0.1) is 5.92 Å². The molecule has 0 aliphatic heterocycles. The molecule has 0 bridgehead atoms. The van der Waals surface area contributed by atoms with Crippen LogP contribution in [0.25, 0.3) is 0 Å². The van der Waals surface area contributed by atoms with E-state index in [1.165, 1.54) is 64.2 Å². The Kier molecular flexibility index (Phi) is 10.5. The lowest BCUT2D eigenvalue weighted by atomic mass is 10.00. The minimum absolute atomic E-state index is 0.766. The maximum atomic E-state index is 5.80. The van der Waals surface area contributed by atoms with Gasteiger partial charge in [-0.25, -0.2) is 0 Å². The van der Waals surface area contributed by atoms with Crippen molar-refractivity contribution in [2.75, 3.05) is 19.8 Å². The van der Waals surface area contributed by atoms with Gasteiger partial charge in [-0.3, -0.25) is 0 Å². The lowest BCUT2D eigenvalue weighted by Gasteiger charge is -2.20. The van der Waals surface area contributed by atoms with Gasteiger partial charge >= 0.3 is 0 Å². The molecule has 1 N–H and O–H groups in total. The largest absolute Gasteiger partial charge is 0.381 e. The molecule has 1 aliphatic carbocycles. The second kappa shape index (κ2) is 11.7. The van der Waals surface area contributed by atoms with E-state index in [9.17, 15) is 0 Å². The highest BCUT2D eigenvalue weighted by molar-refractivity contribution is 4.82. The molecule has 0 aromatic carbocycles. The Labute approximate surface area is 120 Å². The summed E-state index contributed by atoms with van der Waals surface area (Å²) in [6.45, 7) is 7.54. The van der Waals surface area contributed by atoms with Crippen molar-refractivity contribution in [2.24, 2.45) is 5.92 Å². The highest BCUT2D eigenvalue weighted by Crippen LogP contribution is 2.28. The molecule has 0 saturated heterocycles. The molecule has 0 aromatic heterocycles. The predicted molar refractivity (Wildman–Crippen MR) is 83.6 cm³/mol. The molecule has 0 spiro atoms. The fraction of sp³-hybridized carbons (Fsp3) is 1.00. The number of hydrogen-bond acceptors (Lipinski definition) is 2. The van der Waals surface area contributed by atoms with Crippen LogP contribution < -0.4 is 5.32 Å². The van der Waals surface area contributed by atoms with Crippen LogP contribution in [0.1, 0.15) is 78.1 Å². The molecule has 1 rings (SSSR count). The number of unbranched alkanes of at least 4 members (excludes halogenated alkanes) is 5. The Balaban J connectivity index is 1.87. The fourth-order valence-corrected chi connectivity index (χ4v) is 3.23. The second-order valence-corrected chi connectivity index (χ2v) is 6.02. The van der Waals surface area contributed by atoms with Crippen molar-refractivity contribution in [1.82, 2.24) is 5.32 Å². The molecule has 114 valence electrons. The van der Waals surface area contributed by atoms with Crippen molar-refractivity contribution in [3.8, 4) is 0 Å². The van der Waals surface area contributed by atoms with Crippen molar-refractivity contribution in [2.45, 2.75) is 84.1 Å². The average molecular weight is 269 g/mol. The van der Waals surface area contributed by atoms with Gasteiger partial charge in [0.05, 0.1) is 0 Å². The van der Waals surface area contributed by atoms with Gasteiger partial charge in [-0.2, -0.15) is 0 Å². The van der Waals surface area contributed by atoms with E-state index >= 15 is 0 Å². The summed E-state index contributed by atoms with van der Waals surface area (Å²) in [7, 11) is 0. The van der Waals surface area contributed by atoms with Crippen LogP contribution in [0.4, 0.5) is 0 Å². The summed E-state index contributed by atoms with van der Waals surface area (Å²) in [5.41, 5.74) is 0. The molecule has 1 saturated carbocycles. The molecule has 2 heteroatoms. The van der Waals surface area contributed by atoms with Gasteiger partial charge in [0, 0.05) is 19.3 Å². The molecule has 2 atom stereocenters. The summed E-state index contributed by atoms with van der Waals surface area (Å²) in [5, 5.41) is 3.62. The second-order valence-electron chi connectivity index (χ2n) is 6.02. The predicted octanol–water partition coefficient (Wildman–Crippen LogP) is 4.53. The maximum Gasteiger partial charge on any atom is 0.0469 e. The van der Waals surface area contributed by atoms with Gasteiger partial charge in [0.15, 0.2) is 0 Å². The number of nitrogens with one attached hydrogen (secondary N) is 1. The zero-order valence-electron chi connectivity index (χ0n) is 13.3. The summed E-state index contributed by atoms with van der Waals surface area (Å²) >= 11 is 0. The highest BCUT2D eigenvalue weighted by atomic mass is 16.5. The third kappa shape index (κ3) is 7.94. The number of rotatable bonds is 12. The topological polar surface area (TPSA) is 21.3 Å². The Bertz CT molecular complexity index is 196. The van der Waals surface area contributed by atoms with Crippen molar-refractivity contribution in [3.63, 3.8) is 0 Å². The monoisotopic (exact) mass is 269 g/mol. The first kappa shape index (κ1) is 17.0. The standard InChI is InChI=1S/C17H35NO/c1-3-5-6-7-8-9-14-19-15-13-16-11-10-12-17(16)18-4-2/h16-18H,3-15H2,1-2H3. The van der Waals surface area contributed by atoms with Crippen LogP contribution in [0.3, 0.4) is 0 Å². The average Bonchev–Trinajstić information content (AvgIpc) is 2.85. The summed E-state index contributed by atoms with van der Waals surface area (Å²) in [6, 6.07) is 0.766. The summed E-state index contributed by atoms with van der Waals surface area (Å²) in [6.07, 6.45) is 13.6. The summed E-state index contributed by atoms with van der Waals surface area (Å²) in [5.74, 6) is 0.865.